The number of fused-ring (bicyclic) bond motifs is 1. The summed E-state index contributed by atoms with van der Waals surface area (Å²) >= 11 is 0. The summed E-state index contributed by atoms with van der Waals surface area (Å²) in [6.07, 6.45) is 3.22. The van der Waals surface area contributed by atoms with Crippen LogP contribution >= 0.6 is 0 Å². The molecule has 1 N–H and O–H groups in total. The Balaban J connectivity index is 2.05. The number of pyridine rings is 1. The number of ketones is 1. The molecule has 1 aliphatic heterocycles. The number of benzene rings is 1. The van der Waals surface area contributed by atoms with Gasteiger partial charge in [-0.2, -0.15) is 0 Å². The molecule has 18 heavy (non-hydrogen) atoms. The first-order chi connectivity index (χ1) is 8.86. The number of rotatable bonds is 2. The van der Waals surface area contributed by atoms with E-state index in [0.717, 1.165) is 12.2 Å². The van der Waals surface area contributed by atoms with Crippen molar-refractivity contribution in [2.45, 2.75) is 0 Å². The van der Waals surface area contributed by atoms with E-state index in [-0.39, 0.29) is 5.78 Å². The van der Waals surface area contributed by atoms with Gasteiger partial charge in [-0.1, -0.05) is 6.07 Å². The molecular formula is C14H12N2O2. The van der Waals surface area contributed by atoms with Crippen molar-refractivity contribution < 1.29 is 9.53 Å². The minimum atomic E-state index is -0.0661. The molecular weight excluding hydrogens is 228 g/mol. The molecule has 0 aliphatic carbocycles. The van der Waals surface area contributed by atoms with Crippen LogP contribution in [0.25, 0.3) is 0 Å². The minimum absolute atomic E-state index is 0.0661. The van der Waals surface area contributed by atoms with Crippen LogP contribution in [0.5, 0.6) is 5.75 Å². The van der Waals surface area contributed by atoms with E-state index in [1.54, 1.807) is 30.6 Å². The van der Waals surface area contributed by atoms with Gasteiger partial charge >= 0.3 is 0 Å². The molecule has 2 aromatic rings. The molecule has 4 nitrogen and oxygen atoms in total. The van der Waals surface area contributed by atoms with Gasteiger partial charge < -0.3 is 10.1 Å². The second-order valence-electron chi connectivity index (χ2n) is 4.03. The second kappa shape index (κ2) is 4.49. The molecule has 0 radical (unpaired) electrons. The lowest BCUT2D eigenvalue weighted by molar-refractivity contribution is 0.103. The van der Waals surface area contributed by atoms with Gasteiger partial charge in [-0.05, 0) is 24.3 Å². The fraction of sp³-hybridized carbons (Fsp3) is 0.143. The Morgan fingerprint density at radius 1 is 1.28 bits per heavy atom. The van der Waals surface area contributed by atoms with E-state index < -0.39 is 0 Å². The first-order valence-corrected chi connectivity index (χ1v) is 5.80. The number of anilines is 1. The highest BCUT2D eigenvalue weighted by molar-refractivity contribution is 6.11. The fourth-order valence-corrected chi connectivity index (χ4v) is 2.00. The van der Waals surface area contributed by atoms with Gasteiger partial charge in [0, 0.05) is 24.5 Å². The van der Waals surface area contributed by atoms with Crippen LogP contribution in [-0.2, 0) is 0 Å². The van der Waals surface area contributed by atoms with E-state index >= 15 is 0 Å². The van der Waals surface area contributed by atoms with E-state index in [1.165, 1.54) is 0 Å². The maximum atomic E-state index is 12.4. The van der Waals surface area contributed by atoms with E-state index in [2.05, 4.69) is 10.3 Å². The molecule has 1 aromatic heterocycles. The molecule has 0 saturated carbocycles. The molecule has 0 bridgehead atoms. The van der Waals surface area contributed by atoms with Gasteiger partial charge in [0.15, 0.2) is 11.5 Å². The SMILES string of the molecule is O=C(c1cccnc1)c1cccc2c1OCCN2. The lowest BCUT2D eigenvalue weighted by Gasteiger charge is -2.21. The number of aromatic nitrogens is 1. The van der Waals surface area contributed by atoms with Crippen molar-refractivity contribution in [3.63, 3.8) is 0 Å². The van der Waals surface area contributed by atoms with Crippen molar-refractivity contribution in [2.24, 2.45) is 0 Å². The molecule has 0 atom stereocenters. The first kappa shape index (κ1) is 10.8. The number of hydrogen-bond acceptors (Lipinski definition) is 4. The highest BCUT2D eigenvalue weighted by Gasteiger charge is 2.19. The van der Waals surface area contributed by atoms with Crippen molar-refractivity contribution in [3.8, 4) is 5.75 Å². The van der Waals surface area contributed by atoms with Gasteiger partial charge in [-0.3, -0.25) is 9.78 Å². The van der Waals surface area contributed by atoms with Gasteiger partial charge in [0.25, 0.3) is 0 Å². The smallest absolute Gasteiger partial charge is 0.198 e. The topological polar surface area (TPSA) is 51.2 Å². The van der Waals surface area contributed by atoms with E-state index in [9.17, 15) is 4.79 Å². The summed E-state index contributed by atoms with van der Waals surface area (Å²) in [5, 5.41) is 3.22. The summed E-state index contributed by atoms with van der Waals surface area (Å²) in [5.41, 5.74) is 2.02. The second-order valence-corrected chi connectivity index (χ2v) is 4.03. The van der Waals surface area contributed by atoms with Crippen LogP contribution in [0.1, 0.15) is 15.9 Å². The highest BCUT2D eigenvalue weighted by Crippen LogP contribution is 2.32. The highest BCUT2D eigenvalue weighted by atomic mass is 16.5. The van der Waals surface area contributed by atoms with Crippen molar-refractivity contribution in [3.05, 3.63) is 53.9 Å². The van der Waals surface area contributed by atoms with Crippen LogP contribution in [0.2, 0.25) is 0 Å². The third-order valence-corrected chi connectivity index (χ3v) is 2.85. The van der Waals surface area contributed by atoms with Crippen LogP contribution in [0.4, 0.5) is 5.69 Å². The summed E-state index contributed by atoms with van der Waals surface area (Å²) < 4.78 is 5.59. The average molecular weight is 240 g/mol. The van der Waals surface area contributed by atoms with Gasteiger partial charge in [-0.15, -0.1) is 0 Å². The Morgan fingerprint density at radius 3 is 3.06 bits per heavy atom. The summed E-state index contributed by atoms with van der Waals surface area (Å²) in [6.45, 7) is 1.34. The molecule has 90 valence electrons. The number of para-hydroxylation sites is 1. The Bertz CT molecular complexity index is 582. The van der Waals surface area contributed by atoms with Crippen molar-refractivity contribution >= 4 is 11.5 Å². The predicted octanol–water partition coefficient (Wildman–Crippen LogP) is 2.12. The number of nitrogens with zero attached hydrogens (tertiary/aromatic N) is 1. The molecule has 1 aromatic carbocycles. The minimum Gasteiger partial charge on any atom is -0.489 e. The number of ether oxygens (including phenoxy) is 1. The average Bonchev–Trinajstić information content (AvgIpc) is 2.47. The maximum Gasteiger partial charge on any atom is 0.198 e. The zero-order valence-corrected chi connectivity index (χ0v) is 9.72. The molecule has 4 heteroatoms. The van der Waals surface area contributed by atoms with Crippen LogP contribution in [-0.4, -0.2) is 23.9 Å². The molecule has 0 unspecified atom stereocenters. The number of carbonyl (C=O) groups is 1. The lowest BCUT2D eigenvalue weighted by Crippen LogP contribution is -2.20. The summed E-state index contributed by atoms with van der Waals surface area (Å²) in [7, 11) is 0. The molecule has 0 fully saturated rings. The third kappa shape index (κ3) is 1.82. The standard InChI is InChI=1S/C14H12N2O2/c17-13(10-3-2-6-15-9-10)11-4-1-5-12-14(11)18-8-7-16-12/h1-6,9,16H,7-8H2. The first-order valence-electron chi connectivity index (χ1n) is 5.80. The molecule has 3 rings (SSSR count). The fourth-order valence-electron chi connectivity index (χ4n) is 2.00. The number of nitrogens with one attached hydrogen (secondary N) is 1. The van der Waals surface area contributed by atoms with Crippen LogP contribution in [0.15, 0.2) is 42.7 Å². The molecule has 1 aliphatic rings. The predicted molar refractivity (Wildman–Crippen MR) is 68.1 cm³/mol. The Kier molecular flexibility index (Phi) is 2.68. The van der Waals surface area contributed by atoms with Gasteiger partial charge in [0.2, 0.25) is 0 Å². The van der Waals surface area contributed by atoms with E-state index in [1.807, 2.05) is 12.1 Å². The Labute approximate surface area is 105 Å². The molecule has 0 saturated heterocycles. The summed E-state index contributed by atoms with van der Waals surface area (Å²) in [6, 6.07) is 9.05. The Hall–Kier alpha value is -2.36. The molecule has 2 heterocycles. The van der Waals surface area contributed by atoms with Crippen LogP contribution in [0, 0.1) is 0 Å². The van der Waals surface area contributed by atoms with E-state index in [4.69, 9.17) is 4.74 Å². The molecule has 0 spiro atoms. The number of carbonyl (C=O) groups excluding carboxylic acids is 1. The third-order valence-electron chi connectivity index (χ3n) is 2.85. The van der Waals surface area contributed by atoms with Crippen molar-refractivity contribution in [1.82, 2.24) is 4.98 Å². The maximum absolute atomic E-state index is 12.4. The largest absolute Gasteiger partial charge is 0.489 e. The van der Waals surface area contributed by atoms with E-state index in [0.29, 0.717) is 23.5 Å². The summed E-state index contributed by atoms with van der Waals surface area (Å²) in [5.74, 6) is 0.571. The quantitative estimate of drug-likeness (QED) is 0.817. The monoisotopic (exact) mass is 240 g/mol. The van der Waals surface area contributed by atoms with Gasteiger partial charge in [0.05, 0.1) is 11.3 Å². The Morgan fingerprint density at radius 2 is 2.22 bits per heavy atom. The zero-order valence-electron chi connectivity index (χ0n) is 9.72. The summed E-state index contributed by atoms with van der Waals surface area (Å²) in [4.78, 5) is 16.3. The lowest BCUT2D eigenvalue weighted by atomic mass is 10.0. The van der Waals surface area contributed by atoms with Crippen molar-refractivity contribution in [1.29, 1.82) is 0 Å². The van der Waals surface area contributed by atoms with Crippen LogP contribution in [0.3, 0.4) is 0 Å². The number of hydrogen-bond donors (Lipinski definition) is 1. The normalized spacial score (nSPS) is 13.1. The van der Waals surface area contributed by atoms with Crippen molar-refractivity contribution in [2.75, 3.05) is 18.5 Å². The van der Waals surface area contributed by atoms with Gasteiger partial charge in [0.1, 0.15) is 6.61 Å². The zero-order chi connectivity index (χ0) is 12.4. The van der Waals surface area contributed by atoms with Crippen LogP contribution < -0.4 is 10.1 Å². The molecule has 0 amide bonds. The van der Waals surface area contributed by atoms with Gasteiger partial charge in [-0.25, -0.2) is 0 Å².